The zero-order valence-electron chi connectivity index (χ0n) is 15.4. The number of thioether (sulfide) groups is 1. The van der Waals surface area contributed by atoms with Gasteiger partial charge in [0.05, 0.1) is 11.3 Å². The molecule has 0 saturated heterocycles. The fourth-order valence-electron chi connectivity index (χ4n) is 2.79. The number of pyridine rings is 1. The van der Waals surface area contributed by atoms with Crippen molar-refractivity contribution in [3.63, 3.8) is 0 Å². The molecule has 4 aromatic rings. The van der Waals surface area contributed by atoms with Crippen molar-refractivity contribution in [2.75, 3.05) is 0 Å². The van der Waals surface area contributed by atoms with Crippen molar-refractivity contribution < 1.29 is 4.52 Å². The lowest BCUT2D eigenvalue weighted by atomic mass is 10.2. The van der Waals surface area contributed by atoms with Crippen molar-refractivity contribution in [1.29, 1.82) is 0 Å². The first-order valence-electron chi connectivity index (χ1n) is 9.11. The van der Waals surface area contributed by atoms with Gasteiger partial charge in [0.1, 0.15) is 10.4 Å². The first kappa shape index (κ1) is 18.8. The van der Waals surface area contributed by atoms with E-state index < -0.39 is 0 Å². The Morgan fingerprint density at radius 2 is 2.14 bits per heavy atom. The average Bonchev–Trinajstić information content (AvgIpc) is 3.38. The predicted molar refractivity (Wildman–Crippen MR) is 110 cm³/mol. The Balaban J connectivity index is 1.56. The Kier molecular flexibility index (Phi) is 5.82. The van der Waals surface area contributed by atoms with Gasteiger partial charge in [-0.2, -0.15) is 4.98 Å². The van der Waals surface area contributed by atoms with E-state index in [0.29, 0.717) is 39.6 Å². The summed E-state index contributed by atoms with van der Waals surface area (Å²) >= 11 is 2.88. The number of hydrogen-bond donors (Lipinski definition) is 0. The minimum absolute atomic E-state index is 0.0262. The molecule has 0 aliphatic rings. The summed E-state index contributed by atoms with van der Waals surface area (Å²) < 4.78 is 7.82. The van der Waals surface area contributed by atoms with Crippen molar-refractivity contribution in [3.05, 3.63) is 52.1 Å². The van der Waals surface area contributed by atoms with E-state index in [0.717, 1.165) is 24.8 Å². The molecule has 0 unspecified atom stereocenters. The van der Waals surface area contributed by atoms with Crippen LogP contribution in [-0.2, 0) is 12.3 Å². The van der Waals surface area contributed by atoms with Gasteiger partial charge in [0.15, 0.2) is 5.16 Å². The lowest BCUT2D eigenvalue weighted by molar-refractivity contribution is 0.391. The van der Waals surface area contributed by atoms with Gasteiger partial charge < -0.3 is 4.52 Å². The summed E-state index contributed by atoms with van der Waals surface area (Å²) in [5.74, 6) is 1.37. The summed E-state index contributed by atoms with van der Waals surface area (Å²) in [4.78, 5) is 26.2. The van der Waals surface area contributed by atoms with Gasteiger partial charge in [-0.05, 0) is 30.0 Å². The van der Waals surface area contributed by atoms with Crippen molar-refractivity contribution in [2.45, 2.75) is 43.6 Å². The quantitative estimate of drug-likeness (QED) is 0.241. The molecule has 0 spiro atoms. The highest BCUT2D eigenvalue weighted by Crippen LogP contribution is 2.24. The molecule has 0 radical (unpaired) electrons. The van der Waals surface area contributed by atoms with Crippen molar-refractivity contribution in [2.24, 2.45) is 0 Å². The zero-order chi connectivity index (χ0) is 19.3. The third kappa shape index (κ3) is 4.00. The van der Waals surface area contributed by atoms with Gasteiger partial charge in [0, 0.05) is 12.7 Å². The molecule has 144 valence electrons. The monoisotopic (exact) mass is 413 g/mol. The summed E-state index contributed by atoms with van der Waals surface area (Å²) in [6, 6.07) is 7.43. The van der Waals surface area contributed by atoms with Crippen LogP contribution in [0.2, 0.25) is 0 Å². The fourth-order valence-corrected chi connectivity index (χ4v) is 4.43. The number of nitrogens with zero attached hydrogens (tertiary/aromatic N) is 5. The number of fused-ring (bicyclic) bond motifs is 1. The second-order valence-electron chi connectivity index (χ2n) is 6.21. The van der Waals surface area contributed by atoms with E-state index in [-0.39, 0.29) is 5.56 Å². The van der Waals surface area contributed by atoms with Crippen LogP contribution in [0.4, 0.5) is 0 Å². The molecule has 0 fully saturated rings. The highest BCUT2D eigenvalue weighted by Gasteiger charge is 2.15. The minimum atomic E-state index is 0.0262. The van der Waals surface area contributed by atoms with E-state index in [4.69, 9.17) is 4.52 Å². The van der Waals surface area contributed by atoms with Crippen LogP contribution in [0.5, 0.6) is 0 Å². The smallest absolute Gasteiger partial charge is 0.272 e. The van der Waals surface area contributed by atoms with Crippen LogP contribution in [0, 0.1) is 0 Å². The maximum Gasteiger partial charge on any atom is 0.272 e. The predicted octanol–water partition coefficient (Wildman–Crippen LogP) is 4.39. The van der Waals surface area contributed by atoms with Gasteiger partial charge in [-0.25, -0.2) is 4.98 Å². The van der Waals surface area contributed by atoms with E-state index in [9.17, 15) is 4.79 Å². The Morgan fingerprint density at radius 3 is 2.96 bits per heavy atom. The van der Waals surface area contributed by atoms with Gasteiger partial charge in [0.25, 0.3) is 5.56 Å². The summed E-state index contributed by atoms with van der Waals surface area (Å²) in [6.07, 6.45) is 4.82. The fraction of sp³-hybridized carbons (Fsp3) is 0.316. The topological polar surface area (TPSA) is 86.7 Å². The Hall–Kier alpha value is -2.52. The number of unbranched alkanes of at least 4 members (excludes halogenated alkanes) is 2. The van der Waals surface area contributed by atoms with E-state index in [1.54, 1.807) is 10.8 Å². The van der Waals surface area contributed by atoms with Gasteiger partial charge >= 0.3 is 0 Å². The molecular formula is C19H19N5O2S2. The first-order valence-corrected chi connectivity index (χ1v) is 11.0. The minimum Gasteiger partial charge on any atom is -0.338 e. The lowest BCUT2D eigenvalue weighted by Crippen LogP contribution is -2.22. The summed E-state index contributed by atoms with van der Waals surface area (Å²) in [5, 5.41) is 6.58. The number of thiophene rings is 1. The molecule has 0 aliphatic carbocycles. The van der Waals surface area contributed by atoms with E-state index >= 15 is 0 Å². The Bertz CT molecular complexity index is 1120. The molecule has 7 nitrogen and oxygen atoms in total. The number of aromatic nitrogens is 5. The molecule has 28 heavy (non-hydrogen) atoms. The summed E-state index contributed by atoms with van der Waals surface area (Å²) in [5.41, 5.74) is 1.43. The third-order valence-corrected chi connectivity index (χ3v) is 6.06. The van der Waals surface area contributed by atoms with Crippen LogP contribution in [0.15, 0.2) is 50.3 Å². The molecule has 0 amide bonds. The summed E-state index contributed by atoms with van der Waals surface area (Å²) in [7, 11) is 0. The van der Waals surface area contributed by atoms with Crippen molar-refractivity contribution in [1.82, 2.24) is 24.7 Å². The Morgan fingerprint density at radius 1 is 1.21 bits per heavy atom. The lowest BCUT2D eigenvalue weighted by Gasteiger charge is -2.10. The molecule has 4 heterocycles. The molecule has 0 N–H and O–H groups in total. The average molecular weight is 414 g/mol. The molecule has 0 aliphatic heterocycles. The van der Waals surface area contributed by atoms with Gasteiger partial charge in [-0.15, -0.1) is 11.3 Å². The van der Waals surface area contributed by atoms with Crippen LogP contribution in [0.1, 0.15) is 32.1 Å². The van der Waals surface area contributed by atoms with Crippen LogP contribution >= 0.6 is 23.1 Å². The standard InChI is InChI=1S/C19H19N5O2S2/c1-2-3-6-10-24-18(25)16-13(8-11-27-16)21-19(24)28-12-15-22-17(23-26-15)14-7-4-5-9-20-14/h4-5,7-9,11H,2-3,6,10,12H2,1H3. The summed E-state index contributed by atoms with van der Waals surface area (Å²) in [6.45, 7) is 2.81. The highest BCUT2D eigenvalue weighted by atomic mass is 32.2. The van der Waals surface area contributed by atoms with Crippen LogP contribution in [-0.4, -0.2) is 24.7 Å². The molecular weight excluding hydrogens is 394 g/mol. The van der Waals surface area contributed by atoms with E-state index in [1.807, 2.05) is 29.6 Å². The highest BCUT2D eigenvalue weighted by molar-refractivity contribution is 7.98. The van der Waals surface area contributed by atoms with Crippen molar-refractivity contribution >= 4 is 33.3 Å². The van der Waals surface area contributed by atoms with Crippen LogP contribution in [0.3, 0.4) is 0 Å². The molecule has 4 aromatic heterocycles. The molecule has 0 bridgehead atoms. The maximum absolute atomic E-state index is 12.9. The first-order chi connectivity index (χ1) is 13.8. The van der Waals surface area contributed by atoms with E-state index in [2.05, 4.69) is 27.0 Å². The third-order valence-electron chi connectivity index (χ3n) is 4.20. The molecule has 0 saturated carbocycles. The largest absolute Gasteiger partial charge is 0.338 e. The SMILES string of the molecule is CCCCCn1c(SCc2nc(-c3ccccn3)no2)nc2ccsc2c1=O. The van der Waals surface area contributed by atoms with Gasteiger partial charge in [0.2, 0.25) is 11.7 Å². The normalized spacial score (nSPS) is 11.3. The van der Waals surface area contributed by atoms with E-state index in [1.165, 1.54) is 23.1 Å². The number of hydrogen-bond acceptors (Lipinski definition) is 8. The van der Waals surface area contributed by atoms with Crippen LogP contribution < -0.4 is 5.56 Å². The van der Waals surface area contributed by atoms with Crippen molar-refractivity contribution in [3.8, 4) is 11.5 Å². The zero-order valence-corrected chi connectivity index (χ0v) is 17.0. The second-order valence-corrected chi connectivity index (χ2v) is 8.07. The Labute approximate surface area is 169 Å². The second kappa shape index (κ2) is 8.66. The van der Waals surface area contributed by atoms with Crippen LogP contribution in [0.25, 0.3) is 21.7 Å². The maximum atomic E-state index is 12.9. The molecule has 0 aromatic carbocycles. The van der Waals surface area contributed by atoms with Gasteiger partial charge in [-0.3, -0.25) is 14.3 Å². The number of rotatable bonds is 8. The molecule has 0 atom stereocenters. The van der Waals surface area contributed by atoms with Gasteiger partial charge in [-0.1, -0.05) is 42.8 Å². The molecule has 4 rings (SSSR count). The molecule has 9 heteroatoms.